The number of hydrogen-bond acceptors (Lipinski definition) is 5. The monoisotopic (exact) mass is 451 g/mol. The molecule has 2 aliphatic heterocycles. The fourth-order valence-corrected chi connectivity index (χ4v) is 7.40. The Balaban J connectivity index is 1.22. The third-order valence-corrected chi connectivity index (χ3v) is 9.72. The van der Waals surface area contributed by atoms with Gasteiger partial charge in [0.25, 0.3) is 0 Å². The highest BCUT2D eigenvalue weighted by molar-refractivity contribution is 7.85. The molecular weight excluding hydrogens is 418 g/mol. The lowest BCUT2D eigenvalue weighted by molar-refractivity contribution is 0.143. The number of pyridine rings is 1. The number of rotatable bonds is 5. The van der Waals surface area contributed by atoms with Crippen molar-refractivity contribution in [3.05, 3.63) is 46.5 Å². The molecule has 2 aliphatic carbocycles. The van der Waals surface area contributed by atoms with E-state index in [4.69, 9.17) is 4.98 Å². The topological polar surface area (TPSA) is 65.5 Å². The Bertz CT molecular complexity index is 1050. The highest BCUT2D eigenvalue weighted by Crippen LogP contribution is 2.40. The summed E-state index contributed by atoms with van der Waals surface area (Å²) in [4.78, 5) is 8.27. The van der Waals surface area contributed by atoms with Gasteiger partial charge in [0.15, 0.2) is 0 Å². The Morgan fingerprint density at radius 1 is 1.06 bits per heavy atom. The first-order chi connectivity index (χ1) is 15.6. The van der Waals surface area contributed by atoms with Gasteiger partial charge in [-0.1, -0.05) is 18.2 Å². The third kappa shape index (κ3) is 3.56. The van der Waals surface area contributed by atoms with Gasteiger partial charge in [-0.05, 0) is 92.0 Å². The fraction of sp³-hybridized carbons (Fsp3) is 0.577. The van der Waals surface area contributed by atoms with E-state index in [0.29, 0.717) is 11.7 Å². The largest absolute Gasteiger partial charge is 0.394 e. The predicted molar refractivity (Wildman–Crippen MR) is 129 cm³/mol. The molecule has 6 rings (SSSR count). The highest BCUT2D eigenvalue weighted by atomic mass is 32.2. The van der Waals surface area contributed by atoms with Gasteiger partial charge in [0, 0.05) is 18.8 Å². The standard InChI is InChI=1S/C26H33N3O2S/c30-17-26(10-2-11-26)28-25-24-22(9-14-32(24)31)16-23(27-25)29-12-7-19(8-13-29)21-6-5-18-3-1-4-20(18)15-21/h5-6,15-16,19,30H,1-4,7-14,17H2,(H,27,28). The van der Waals surface area contributed by atoms with Gasteiger partial charge >= 0.3 is 0 Å². The van der Waals surface area contributed by atoms with Crippen molar-refractivity contribution in [1.82, 2.24) is 4.98 Å². The van der Waals surface area contributed by atoms with Crippen molar-refractivity contribution < 1.29 is 9.32 Å². The Labute approximate surface area is 193 Å². The van der Waals surface area contributed by atoms with Crippen molar-refractivity contribution in [2.45, 2.75) is 74.1 Å². The molecule has 32 heavy (non-hydrogen) atoms. The Morgan fingerprint density at radius 3 is 2.62 bits per heavy atom. The smallest absolute Gasteiger partial charge is 0.145 e. The molecule has 2 fully saturated rings. The number of fused-ring (bicyclic) bond motifs is 2. The van der Waals surface area contributed by atoms with Crippen LogP contribution < -0.4 is 10.2 Å². The number of hydrogen-bond donors (Lipinski definition) is 2. The second kappa shape index (κ2) is 8.14. The third-order valence-electron chi connectivity index (χ3n) is 8.23. The van der Waals surface area contributed by atoms with Gasteiger partial charge < -0.3 is 15.3 Å². The normalized spacial score (nSPS) is 24.2. The van der Waals surface area contributed by atoms with Gasteiger partial charge in [-0.25, -0.2) is 4.98 Å². The minimum absolute atomic E-state index is 0.104. The lowest BCUT2D eigenvalue weighted by atomic mass is 9.77. The van der Waals surface area contributed by atoms with Gasteiger partial charge in [-0.15, -0.1) is 0 Å². The SMILES string of the molecule is O=S1CCc2cc(N3CCC(c4ccc5c(c4)CCC5)CC3)nc(NC3(CO)CCC3)c21. The summed E-state index contributed by atoms with van der Waals surface area (Å²) in [6.45, 7) is 2.11. The van der Waals surface area contributed by atoms with Crippen LogP contribution in [-0.4, -0.2) is 45.3 Å². The Hall–Kier alpha value is -1.92. The van der Waals surface area contributed by atoms with E-state index in [0.717, 1.165) is 68.1 Å². The molecular formula is C26H33N3O2S. The van der Waals surface area contributed by atoms with E-state index in [2.05, 4.69) is 34.5 Å². The van der Waals surface area contributed by atoms with Crippen LogP contribution in [0.15, 0.2) is 29.2 Å². The van der Waals surface area contributed by atoms with Crippen LogP contribution in [0.3, 0.4) is 0 Å². The van der Waals surface area contributed by atoms with Gasteiger partial charge in [-0.3, -0.25) is 4.21 Å². The average molecular weight is 452 g/mol. The van der Waals surface area contributed by atoms with Crippen molar-refractivity contribution in [3.8, 4) is 0 Å². The van der Waals surface area contributed by atoms with Gasteiger partial charge in [-0.2, -0.15) is 0 Å². The maximum atomic E-state index is 12.7. The van der Waals surface area contributed by atoms with Gasteiger partial charge in [0.05, 0.1) is 27.8 Å². The lowest BCUT2D eigenvalue weighted by Gasteiger charge is -2.42. The van der Waals surface area contributed by atoms with Crippen molar-refractivity contribution in [3.63, 3.8) is 0 Å². The summed E-state index contributed by atoms with van der Waals surface area (Å²) >= 11 is 0. The number of nitrogens with zero attached hydrogens (tertiary/aromatic N) is 2. The fourth-order valence-electron chi connectivity index (χ4n) is 6.03. The minimum atomic E-state index is -0.993. The molecule has 1 aromatic carbocycles. The molecule has 1 atom stereocenters. The van der Waals surface area contributed by atoms with Crippen LogP contribution in [0.25, 0.3) is 0 Å². The van der Waals surface area contributed by atoms with Crippen LogP contribution in [0.4, 0.5) is 11.6 Å². The molecule has 5 nitrogen and oxygen atoms in total. The molecule has 170 valence electrons. The molecule has 1 unspecified atom stereocenters. The van der Waals surface area contributed by atoms with E-state index in [-0.39, 0.29) is 12.1 Å². The van der Waals surface area contributed by atoms with Crippen LogP contribution in [0.1, 0.15) is 66.7 Å². The van der Waals surface area contributed by atoms with Crippen molar-refractivity contribution in [1.29, 1.82) is 0 Å². The van der Waals surface area contributed by atoms with Crippen LogP contribution in [0, 0.1) is 0 Å². The zero-order chi connectivity index (χ0) is 21.7. The molecule has 1 saturated heterocycles. The first-order valence-corrected chi connectivity index (χ1v) is 13.6. The van der Waals surface area contributed by atoms with E-state index >= 15 is 0 Å². The second-order valence-electron chi connectivity index (χ2n) is 10.2. The summed E-state index contributed by atoms with van der Waals surface area (Å²) in [6, 6.07) is 9.37. The van der Waals surface area contributed by atoms with E-state index in [1.807, 2.05) is 0 Å². The predicted octanol–water partition coefficient (Wildman–Crippen LogP) is 3.94. The molecule has 2 aromatic rings. The number of anilines is 2. The van der Waals surface area contributed by atoms with Crippen LogP contribution in [0.2, 0.25) is 0 Å². The van der Waals surface area contributed by atoms with Gasteiger partial charge in [0.2, 0.25) is 0 Å². The molecule has 0 radical (unpaired) electrons. The van der Waals surface area contributed by atoms with Crippen molar-refractivity contribution in [2.24, 2.45) is 0 Å². The van der Waals surface area contributed by atoms with Crippen molar-refractivity contribution >= 4 is 22.4 Å². The Kier molecular flexibility index (Phi) is 5.26. The molecule has 0 bridgehead atoms. The molecule has 0 spiro atoms. The average Bonchev–Trinajstić information content (AvgIpc) is 3.42. The van der Waals surface area contributed by atoms with Crippen molar-refractivity contribution in [2.75, 3.05) is 35.7 Å². The molecule has 3 heterocycles. The Morgan fingerprint density at radius 2 is 1.88 bits per heavy atom. The van der Waals surface area contributed by atoms with Crippen LogP contribution in [-0.2, 0) is 30.1 Å². The number of aromatic nitrogens is 1. The molecule has 6 heteroatoms. The van der Waals surface area contributed by atoms with E-state index in [1.165, 1.54) is 30.4 Å². The van der Waals surface area contributed by atoms with E-state index < -0.39 is 10.8 Å². The summed E-state index contributed by atoms with van der Waals surface area (Å²) < 4.78 is 12.7. The lowest BCUT2D eigenvalue weighted by Crippen LogP contribution is -2.48. The minimum Gasteiger partial charge on any atom is -0.394 e. The maximum Gasteiger partial charge on any atom is 0.145 e. The molecule has 4 aliphatic rings. The first-order valence-electron chi connectivity index (χ1n) is 12.3. The number of aliphatic hydroxyl groups excluding tert-OH is 1. The summed E-state index contributed by atoms with van der Waals surface area (Å²) in [7, 11) is -0.993. The zero-order valence-electron chi connectivity index (χ0n) is 18.7. The molecule has 2 N–H and O–H groups in total. The molecule has 1 saturated carbocycles. The highest BCUT2D eigenvalue weighted by Gasteiger charge is 2.38. The second-order valence-corrected chi connectivity index (χ2v) is 11.7. The number of aliphatic hydroxyl groups is 1. The molecule has 1 aromatic heterocycles. The first kappa shape index (κ1) is 20.7. The quantitative estimate of drug-likeness (QED) is 0.721. The summed E-state index contributed by atoms with van der Waals surface area (Å²) in [6.07, 6.45) is 9.95. The summed E-state index contributed by atoms with van der Waals surface area (Å²) in [5, 5.41) is 13.5. The number of aryl methyl sites for hydroxylation is 3. The number of benzene rings is 1. The van der Waals surface area contributed by atoms with E-state index in [9.17, 15) is 9.32 Å². The summed E-state index contributed by atoms with van der Waals surface area (Å²) in [5.74, 6) is 3.07. The van der Waals surface area contributed by atoms with Gasteiger partial charge in [0.1, 0.15) is 11.6 Å². The van der Waals surface area contributed by atoms with Crippen LogP contribution in [0.5, 0.6) is 0 Å². The summed E-state index contributed by atoms with van der Waals surface area (Å²) in [5.41, 5.74) is 5.52. The zero-order valence-corrected chi connectivity index (χ0v) is 19.6. The van der Waals surface area contributed by atoms with E-state index in [1.54, 1.807) is 11.1 Å². The molecule has 0 amide bonds. The number of piperidine rings is 1. The van der Waals surface area contributed by atoms with Crippen LogP contribution >= 0.6 is 0 Å². The maximum absolute atomic E-state index is 12.7. The number of nitrogens with one attached hydrogen (secondary N) is 1.